The quantitative estimate of drug-likeness (QED) is 0.798. The number of carbonyl (C=O) groups is 3. The standard InChI is InChI=1S/C23H31N3O3/c1-15(27)14-26-12-10-17-13-18(5-8-20(17)23(26)29)21(28)9-7-19-6-4-16-3-2-11-24-22(16)25-19/h4,6,17-18,20H,2-3,5,7-14H2,1H3,(H,24,25)/t17-,18?,20+/m1/s1. The first kappa shape index (κ1) is 20.0. The van der Waals surface area contributed by atoms with Crippen LogP contribution in [0.1, 0.15) is 56.7 Å². The number of rotatable bonds is 6. The zero-order valence-corrected chi connectivity index (χ0v) is 17.3. The van der Waals surface area contributed by atoms with E-state index >= 15 is 0 Å². The molecule has 2 aliphatic heterocycles. The number of hydrogen-bond acceptors (Lipinski definition) is 5. The molecule has 3 aliphatic rings. The molecule has 1 aromatic heterocycles. The van der Waals surface area contributed by atoms with Gasteiger partial charge in [0.2, 0.25) is 5.91 Å². The van der Waals surface area contributed by atoms with Gasteiger partial charge in [-0.3, -0.25) is 14.4 Å². The van der Waals surface area contributed by atoms with E-state index < -0.39 is 0 Å². The monoisotopic (exact) mass is 397 g/mol. The molecule has 0 radical (unpaired) electrons. The van der Waals surface area contributed by atoms with E-state index in [9.17, 15) is 14.4 Å². The number of Topliss-reactive ketones (excluding diaryl/α,β-unsaturated/α-hetero) is 2. The van der Waals surface area contributed by atoms with Gasteiger partial charge in [0, 0.05) is 37.0 Å². The molecular formula is C23H31N3O3. The minimum atomic E-state index is 0.000497. The summed E-state index contributed by atoms with van der Waals surface area (Å²) in [5.41, 5.74) is 2.25. The van der Waals surface area contributed by atoms with Crippen molar-refractivity contribution >= 4 is 23.3 Å². The van der Waals surface area contributed by atoms with Gasteiger partial charge < -0.3 is 10.2 Å². The van der Waals surface area contributed by atoms with Crippen molar-refractivity contribution < 1.29 is 14.4 Å². The number of amides is 1. The van der Waals surface area contributed by atoms with E-state index in [-0.39, 0.29) is 30.1 Å². The molecule has 0 bridgehead atoms. The van der Waals surface area contributed by atoms with E-state index in [1.807, 2.05) is 0 Å². The lowest BCUT2D eigenvalue weighted by molar-refractivity contribution is -0.147. The lowest BCUT2D eigenvalue weighted by Gasteiger charge is -2.42. The number of pyridine rings is 1. The van der Waals surface area contributed by atoms with Gasteiger partial charge in [0.15, 0.2) is 0 Å². The van der Waals surface area contributed by atoms with Gasteiger partial charge in [0.25, 0.3) is 0 Å². The number of ketones is 2. The Labute approximate surface area is 172 Å². The predicted octanol–water partition coefficient (Wildman–Crippen LogP) is 2.80. The van der Waals surface area contributed by atoms with E-state index in [1.54, 1.807) is 4.90 Å². The van der Waals surface area contributed by atoms with Crippen molar-refractivity contribution in [3.63, 3.8) is 0 Å². The summed E-state index contributed by atoms with van der Waals surface area (Å²) in [6.45, 7) is 3.37. The van der Waals surface area contributed by atoms with E-state index in [0.29, 0.717) is 31.1 Å². The molecule has 6 heteroatoms. The maximum atomic E-state index is 12.8. The van der Waals surface area contributed by atoms with Crippen LogP contribution in [0.25, 0.3) is 0 Å². The fourth-order valence-electron chi connectivity index (χ4n) is 5.26. The number of hydrogen-bond donors (Lipinski definition) is 1. The normalized spacial score (nSPS) is 26.3. The summed E-state index contributed by atoms with van der Waals surface area (Å²) in [5.74, 6) is 1.81. The molecule has 1 aliphatic carbocycles. The van der Waals surface area contributed by atoms with Crippen LogP contribution in [-0.2, 0) is 27.2 Å². The smallest absolute Gasteiger partial charge is 0.226 e. The zero-order valence-electron chi connectivity index (χ0n) is 17.3. The highest BCUT2D eigenvalue weighted by atomic mass is 16.2. The number of piperidine rings is 1. The minimum Gasteiger partial charge on any atom is -0.370 e. The average molecular weight is 398 g/mol. The second-order valence-electron chi connectivity index (χ2n) is 8.93. The third-order valence-corrected chi connectivity index (χ3v) is 6.83. The van der Waals surface area contributed by atoms with Gasteiger partial charge in [0.05, 0.1) is 6.54 Å². The molecule has 1 aromatic rings. The van der Waals surface area contributed by atoms with Gasteiger partial charge in [-0.1, -0.05) is 6.07 Å². The number of fused-ring (bicyclic) bond motifs is 2. The third-order valence-electron chi connectivity index (χ3n) is 6.83. The van der Waals surface area contributed by atoms with Crippen LogP contribution in [0, 0.1) is 17.8 Å². The second kappa shape index (κ2) is 8.64. The van der Waals surface area contributed by atoms with E-state index in [4.69, 9.17) is 4.98 Å². The molecule has 3 atom stereocenters. The number of likely N-dealkylation sites (tertiary alicyclic amines) is 1. The summed E-state index contributed by atoms with van der Waals surface area (Å²) in [6, 6.07) is 4.19. The van der Waals surface area contributed by atoms with Crippen molar-refractivity contribution in [2.24, 2.45) is 17.8 Å². The van der Waals surface area contributed by atoms with Crippen LogP contribution in [0.5, 0.6) is 0 Å². The molecule has 3 heterocycles. The molecule has 1 saturated carbocycles. The molecule has 1 amide bonds. The summed E-state index contributed by atoms with van der Waals surface area (Å²) in [5, 5.41) is 3.35. The summed E-state index contributed by atoms with van der Waals surface area (Å²) < 4.78 is 0. The molecule has 1 N–H and O–H groups in total. The number of nitrogens with zero attached hydrogens (tertiary/aromatic N) is 2. The molecule has 0 spiro atoms. The predicted molar refractivity (Wildman–Crippen MR) is 111 cm³/mol. The Morgan fingerprint density at radius 2 is 2.10 bits per heavy atom. The Bertz CT molecular complexity index is 807. The van der Waals surface area contributed by atoms with Crippen LogP contribution in [-0.4, -0.2) is 47.0 Å². The molecule has 29 heavy (non-hydrogen) atoms. The molecule has 1 unspecified atom stereocenters. The van der Waals surface area contributed by atoms with Gasteiger partial charge in [-0.15, -0.1) is 0 Å². The first-order chi connectivity index (χ1) is 14.0. The zero-order chi connectivity index (χ0) is 20.4. The molecule has 2 fully saturated rings. The van der Waals surface area contributed by atoms with Crippen molar-refractivity contribution in [3.8, 4) is 0 Å². The Hall–Kier alpha value is -2.24. The maximum Gasteiger partial charge on any atom is 0.226 e. The minimum absolute atomic E-state index is 0.000497. The molecule has 1 saturated heterocycles. The first-order valence-electron chi connectivity index (χ1n) is 11.0. The summed E-state index contributed by atoms with van der Waals surface area (Å²) in [4.78, 5) is 43.3. The Morgan fingerprint density at radius 3 is 2.93 bits per heavy atom. The highest BCUT2D eigenvalue weighted by Gasteiger charge is 2.41. The largest absolute Gasteiger partial charge is 0.370 e. The second-order valence-corrected chi connectivity index (χ2v) is 8.93. The maximum absolute atomic E-state index is 12.8. The fourth-order valence-corrected chi connectivity index (χ4v) is 5.26. The van der Waals surface area contributed by atoms with Gasteiger partial charge in [0.1, 0.15) is 17.4 Å². The summed E-state index contributed by atoms with van der Waals surface area (Å²) >= 11 is 0. The van der Waals surface area contributed by atoms with Crippen LogP contribution in [0.3, 0.4) is 0 Å². The topological polar surface area (TPSA) is 79.4 Å². The molecule has 0 aromatic carbocycles. The lowest BCUT2D eigenvalue weighted by atomic mass is 9.69. The molecule has 156 valence electrons. The Balaban J connectivity index is 1.30. The SMILES string of the molecule is CC(=O)CN1CC[C@@H]2CC(C(=O)CCc3ccc4c(n3)NCCC4)CC[C@@H]2C1=O. The van der Waals surface area contributed by atoms with Crippen molar-refractivity contribution in [2.75, 3.05) is 25.0 Å². The van der Waals surface area contributed by atoms with Crippen molar-refractivity contribution in [2.45, 2.75) is 58.3 Å². The number of aromatic nitrogens is 1. The molecular weight excluding hydrogens is 366 g/mol. The van der Waals surface area contributed by atoms with E-state index in [2.05, 4.69) is 17.4 Å². The third kappa shape index (κ3) is 4.51. The van der Waals surface area contributed by atoms with Crippen LogP contribution in [0.2, 0.25) is 0 Å². The van der Waals surface area contributed by atoms with Crippen molar-refractivity contribution in [1.82, 2.24) is 9.88 Å². The summed E-state index contributed by atoms with van der Waals surface area (Å²) in [6.07, 6.45) is 6.72. The fraction of sp³-hybridized carbons (Fsp3) is 0.652. The highest BCUT2D eigenvalue weighted by molar-refractivity contribution is 5.87. The van der Waals surface area contributed by atoms with E-state index in [0.717, 1.165) is 56.6 Å². The first-order valence-corrected chi connectivity index (χ1v) is 11.0. The Kier molecular flexibility index (Phi) is 5.97. The molecule has 4 rings (SSSR count). The van der Waals surface area contributed by atoms with Crippen LogP contribution in [0.4, 0.5) is 5.82 Å². The molecule has 6 nitrogen and oxygen atoms in total. The number of carbonyl (C=O) groups excluding carboxylic acids is 3. The Morgan fingerprint density at radius 1 is 1.24 bits per heavy atom. The van der Waals surface area contributed by atoms with Gasteiger partial charge in [-0.05, 0) is 69.4 Å². The lowest BCUT2D eigenvalue weighted by Crippen LogP contribution is -2.49. The van der Waals surface area contributed by atoms with Crippen molar-refractivity contribution in [3.05, 3.63) is 23.4 Å². The van der Waals surface area contributed by atoms with Gasteiger partial charge >= 0.3 is 0 Å². The number of anilines is 1. The van der Waals surface area contributed by atoms with Gasteiger partial charge in [-0.2, -0.15) is 0 Å². The number of aryl methyl sites for hydroxylation is 2. The highest BCUT2D eigenvalue weighted by Crippen LogP contribution is 2.40. The average Bonchev–Trinajstić information content (AvgIpc) is 2.73. The van der Waals surface area contributed by atoms with Crippen LogP contribution in [0.15, 0.2) is 12.1 Å². The van der Waals surface area contributed by atoms with Gasteiger partial charge in [-0.25, -0.2) is 4.98 Å². The summed E-state index contributed by atoms with van der Waals surface area (Å²) in [7, 11) is 0. The van der Waals surface area contributed by atoms with Crippen molar-refractivity contribution in [1.29, 1.82) is 0 Å². The van der Waals surface area contributed by atoms with Crippen LogP contribution >= 0.6 is 0 Å². The van der Waals surface area contributed by atoms with E-state index in [1.165, 1.54) is 12.5 Å². The van der Waals surface area contributed by atoms with Crippen LogP contribution < -0.4 is 5.32 Å². The number of nitrogens with one attached hydrogen (secondary N) is 1.